The van der Waals surface area contributed by atoms with Crippen molar-refractivity contribution in [2.75, 3.05) is 19.6 Å². The topological polar surface area (TPSA) is 32.3 Å². The van der Waals surface area contributed by atoms with Gasteiger partial charge in [-0.1, -0.05) is 35.0 Å². The first-order valence-electron chi connectivity index (χ1n) is 10.8. The molecule has 1 N–H and O–H groups in total. The molecule has 3 nitrogen and oxygen atoms in total. The number of carbonyl (C=O) groups is 1. The molecule has 0 aliphatic heterocycles. The molecule has 2 aliphatic carbocycles. The van der Waals surface area contributed by atoms with Gasteiger partial charge in [0.15, 0.2) is 0 Å². The van der Waals surface area contributed by atoms with E-state index < -0.39 is 0 Å². The predicted molar refractivity (Wildman–Crippen MR) is 121 cm³/mol. The Hall–Kier alpha value is -1.39. The molecule has 1 saturated carbocycles. The van der Waals surface area contributed by atoms with Crippen LogP contribution in [0, 0.1) is 0 Å². The average Bonchev–Trinajstić information content (AvgIpc) is 2.72. The first-order chi connectivity index (χ1) is 13.7. The summed E-state index contributed by atoms with van der Waals surface area (Å²) in [5, 5.41) is 3.05. The van der Waals surface area contributed by atoms with Gasteiger partial charge in [0.1, 0.15) is 0 Å². The summed E-state index contributed by atoms with van der Waals surface area (Å²) in [5.41, 5.74) is 3.96. The molecule has 3 rings (SSSR count). The van der Waals surface area contributed by atoms with E-state index in [0.29, 0.717) is 6.04 Å². The Morgan fingerprint density at radius 1 is 1.11 bits per heavy atom. The molecule has 2 aliphatic rings. The van der Waals surface area contributed by atoms with Crippen molar-refractivity contribution in [1.82, 2.24) is 10.2 Å². The minimum atomic E-state index is 0.0220. The maximum absolute atomic E-state index is 12.2. The van der Waals surface area contributed by atoms with E-state index in [1.54, 1.807) is 11.1 Å². The van der Waals surface area contributed by atoms with Gasteiger partial charge in [-0.3, -0.25) is 4.79 Å². The summed E-state index contributed by atoms with van der Waals surface area (Å²) in [6.45, 7) is 5.35. The molecular weight excluding hydrogens is 412 g/mol. The summed E-state index contributed by atoms with van der Waals surface area (Å²) >= 11 is 3.40. The van der Waals surface area contributed by atoms with Gasteiger partial charge < -0.3 is 10.2 Å². The molecule has 1 amide bonds. The van der Waals surface area contributed by atoms with Crippen LogP contribution in [0.2, 0.25) is 0 Å². The van der Waals surface area contributed by atoms with Gasteiger partial charge in [-0.25, -0.2) is 0 Å². The number of rotatable bonds is 9. The smallest absolute Gasteiger partial charge is 0.251 e. The normalized spacial score (nSPS) is 19.0. The summed E-state index contributed by atoms with van der Waals surface area (Å²) in [6, 6.07) is 8.22. The first-order valence-corrected chi connectivity index (χ1v) is 11.6. The van der Waals surface area contributed by atoms with E-state index in [-0.39, 0.29) is 5.91 Å². The van der Waals surface area contributed by atoms with Crippen molar-refractivity contribution in [2.24, 2.45) is 0 Å². The number of nitrogens with one attached hydrogen (secondary N) is 1. The third-order valence-electron chi connectivity index (χ3n) is 5.85. The molecule has 4 heteroatoms. The molecule has 28 heavy (non-hydrogen) atoms. The molecule has 0 saturated heterocycles. The van der Waals surface area contributed by atoms with Gasteiger partial charge in [-0.2, -0.15) is 0 Å². The minimum absolute atomic E-state index is 0.0220. The standard InChI is InChI=1S/C24H33BrN2O/c1-2-16-27(23-14-11-19-7-3-4-8-21(19)18-23)17-6-5-15-26-24(28)20-9-12-22(25)13-10-20/h7-10,12-13,23H,2-6,11,14-18H2,1H3,(H,26,28). The monoisotopic (exact) mass is 444 g/mol. The molecule has 1 unspecified atom stereocenters. The number of amides is 1. The second kappa shape index (κ2) is 11.0. The second-order valence-electron chi connectivity index (χ2n) is 7.94. The maximum atomic E-state index is 12.2. The summed E-state index contributed by atoms with van der Waals surface area (Å²) in [5.74, 6) is 0.0220. The summed E-state index contributed by atoms with van der Waals surface area (Å²) in [6.07, 6.45) is 14.5. The minimum Gasteiger partial charge on any atom is -0.352 e. The highest BCUT2D eigenvalue weighted by Crippen LogP contribution is 2.35. The molecule has 0 spiro atoms. The molecular formula is C24H33BrN2O. The molecule has 1 aromatic carbocycles. The van der Waals surface area contributed by atoms with Gasteiger partial charge in [0.25, 0.3) is 5.91 Å². The summed E-state index contributed by atoms with van der Waals surface area (Å²) in [7, 11) is 0. The number of fused-ring (bicyclic) bond motifs is 1. The van der Waals surface area contributed by atoms with Crippen LogP contribution >= 0.6 is 15.9 Å². The number of allylic oxidation sites excluding steroid dienone is 3. The van der Waals surface area contributed by atoms with E-state index in [9.17, 15) is 4.79 Å². The Morgan fingerprint density at radius 2 is 1.86 bits per heavy atom. The fourth-order valence-corrected chi connectivity index (χ4v) is 4.62. The van der Waals surface area contributed by atoms with Crippen LogP contribution in [-0.2, 0) is 0 Å². The zero-order valence-corrected chi connectivity index (χ0v) is 18.6. The van der Waals surface area contributed by atoms with Gasteiger partial charge in [-0.15, -0.1) is 0 Å². The highest BCUT2D eigenvalue weighted by molar-refractivity contribution is 9.10. The molecule has 152 valence electrons. The zero-order valence-electron chi connectivity index (χ0n) is 17.1. The average molecular weight is 445 g/mol. The number of halogens is 1. The van der Waals surface area contributed by atoms with Crippen LogP contribution in [0.3, 0.4) is 0 Å². The number of nitrogens with zero attached hydrogens (tertiary/aromatic N) is 1. The van der Waals surface area contributed by atoms with E-state index >= 15 is 0 Å². The van der Waals surface area contributed by atoms with Crippen LogP contribution in [0.15, 0.2) is 52.0 Å². The Balaban J connectivity index is 1.40. The fraction of sp³-hybridized carbons (Fsp3) is 0.542. The van der Waals surface area contributed by atoms with Crippen molar-refractivity contribution < 1.29 is 4.79 Å². The molecule has 0 heterocycles. The SMILES string of the molecule is CCCN(CCCCNC(=O)c1ccc(Br)cc1)C1CCC2=CCCC=C2C1. The highest BCUT2D eigenvalue weighted by Gasteiger charge is 2.25. The van der Waals surface area contributed by atoms with Crippen molar-refractivity contribution in [3.8, 4) is 0 Å². The molecule has 1 atom stereocenters. The molecule has 1 aromatic rings. The first kappa shape index (κ1) is 21.3. The third kappa shape index (κ3) is 6.05. The Bertz CT molecular complexity index is 708. The number of benzene rings is 1. The Kier molecular flexibility index (Phi) is 8.35. The van der Waals surface area contributed by atoms with Crippen LogP contribution in [-0.4, -0.2) is 36.5 Å². The zero-order chi connectivity index (χ0) is 19.8. The third-order valence-corrected chi connectivity index (χ3v) is 6.38. The van der Waals surface area contributed by atoms with Crippen molar-refractivity contribution in [2.45, 2.75) is 64.3 Å². The largest absolute Gasteiger partial charge is 0.352 e. The highest BCUT2D eigenvalue weighted by atomic mass is 79.9. The lowest BCUT2D eigenvalue weighted by Crippen LogP contribution is -2.39. The summed E-state index contributed by atoms with van der Waals surface area (Å²) in [4.78, 5) is 14.9. The maximum Gasteiger partial charge on any atom is 0.251 e. The van der Waals surface area contributed by atoms with E-state index in [2.05, 4.69) is 45.2 Å². The van der Waals surface area contributed by atoms with Gasteiger partial charge in [-0.05, 0) is 99.9 Å². The van der Waals surface area contributed by atoms with Crippen LogP contribution < -0.4 is 5.32 Å². The van der Waals surface area contributed by atoms with Gasteiger partial charge in [0.05, 0.1) is 0 Å². The lowest BCUT2D eigenvalue weighted by Gasteiger charge is -2.37. The van der Waals surface area contributed by atoms with Gasteiger partial charge in [0, 0.05) is 22.6 Å². The number of hydrogen-bond acceptors (Lipinski definition) is 2. The van der Waals surface area contributed by atoms with Crippen molar-refractivity contribution in [3.05, 3.63) is 57.6 Å². The Morgan fingerprint density at radius 3 is 2.61 bits per heavy atom. The number of hydrogen-bond donors (Lipinski definition) is 1. The van der Waals surface area contributed by atoms with E-state index in [1.807, 2.05) is 24.3 Å². The van der Waals surface area contributed by atoms with Crippen LogP contribution in [0.25, 0.3) is 0 Å². The van der Waals surface area contributed by atoms with E-state index in [4.69, 9.17) is 0 Å². The number of carbonyl (C=O) groups excluding carboxylic acids is 1. The van der Waals surface area contributed by atoms with Crippen molar-refractivity contribution in [3.63, 3.8) is 0 Å². The molecule has 0 aromatic heterocycles. The molecule has 1 fully saturated rings. The second-order valence-corrected chi connectivity index (χ2v) is 8.85. The van der Waals surface area contributed by atoms with Crippen LogP contribution in [0.4, 0.5) is 0 Å². The lowest BCUT2D eigenvalue weighted by molar-refractivity contribution is 0.0952. The quantitative estimate of drug-likeness (QED) is 0.482. The van der Waals surface area contributed by atoms with Crippen LogP contribution in [0.5, 0.6) is 0 Å². The van der Waals surface area contributed by atoms with E-state index in [1.165, 1.54) is 45.1 Å². The van der Waals surface area contributed by atoms with Gasteiger partial charge >= 0.3 is 0 Å². The Labute approximate surface area is 178 Å². The van der Waals surface area contributed by atoms with Gasteiger partial charge in [0.2, 0.25) is 0 Å². The molecule has 0 bridgehead atoms. The lowest BCUT2D eigenvalue weighted by atomic mass is 9.82. The van der Waals surface area contributed by atoms with Crippen molar-refractivity contribution in [1.29, 1.82) is 0 Å². The number of unbranched alkanes of at least 4 members (excludes halogenated alkanes) is 1. The summed E-state index contributed by atoms with van der Waals surface area (Å²) < 4.78 is 0.995. The van der Waals surface area contributed by atoms with E-state index in [0.717, 1.165) is 36.0 Å². The van der Waals surface area contributed by atoms with Crippen molar-refractivity contribution >= 4 is 21.8 Å². The fourth-order valence-electron chi connectivity index (χ4n) is 4.35. The predicted octanol–water partition coefficient (Wildman–Crippen LogP) is 5.87. The van der Waals surface area contributed by atoms with Crippen LogP contribution in [0.1, 0.15) is 68.6 Å². The molecule has 0 radical (unpaired) electrons.